The topological polar surface area (TPSA) is 99.5 Å². The molecular formula is C25H25N3O5. The number of likely N-dealkylation sites (tertiary alicyclic amines) is 1. The highest BCUT2D eigenvalue weighted by Gasteiger charge is 2.37. The molecule has 3 aromatic rings. The van der Waals surface area contributed by atoms with E-state index in [9.17, 15) is 14.7 Å². The highest BCUT2D eigenvalue weighted by atomic mass is 16.3. The van der Waals surface area contributed by atoms with Gasteiger partial charge in [0.05, 0.1) is 19.1 Å². The van der Waals surface area contributed by atoms with Crippen molar-refractivity contribution >= 4 is 17.4 Å². The molecule has 170 valence electrons. The molecule has 0 bridgehead atoms. The van der Waals surface area contributed by atoms with Crippen LogP contribution in [0.2, 0.25) is 0 Å². The third kappa shape index (κ3) is 4.47. The molecule has 8 nitrogen and oxygen atoms in total. The Morgan fingerprint density at radius 2 is 1.73 bits per heavy atom. The predicted molar refractivity (Wildman–Crippen MR) is 120 cm³/mol. The van der Waals surface area contributed by atoms with Gasteiger partial charge < -0.3 is 13.9 Å². The summed E-state index contributed by atoms with van der Waals surface area (Å²) in [7, 11) is 0. The molecule has 1 saturated heterocycles. The number of hydrazone groups is 1. The van der Waals surface area contributed by atoms with Crippen LogP contribution in [0, 0.1) is 5.92 Å². The van der Waals surface area contributed by atoms with E-state index in [1.165, 1.54) is 17.1 Å². The largest absolute Gasteiger partial charge is 0.508 e. The molecule has 1 N–H and O–H groups in total. The maximum atomic E-state index is 13.2. The minimum atomic E-state index is -0.304. The summed E-state index contributed by atoms with van der Waals surface area (Å²) in [6, 6.07) is 13.4. The molecule has 1 unspecified atom stereocenters. The van der Waals surface area contributed by atoms with E-state index < -0.39 is 0 Å². The van der Waals surface area contributed by atoms with Crippen molar-refractivity contribution < 1.29 is 23.5 Å². The van der Waals surface area contributed by atoms with Crippen molar-refractivity contribution in [2.45, 2.75) is 25.3 Å². The number of piperidine rings is 1. The number of ketones is 1. The average Bonchev–Trinajstić information content (AvgIpc) is 3.61. The zero-order chi connectivity index (χ0) is 22.8. The first-order valence-electron chi connectivity index (χ1n) is 11.1. The highest BCUT2D eigenvalue weighted by molar-refractivity contribution is 6.01. The van der Waals surface area contributed by atoms with Crippen molar-refractivity contribution in [2.75, 3.05) is 19.6 Å². The molecule has 0 aliphatic carbocycles. The number of carbonyl (C=O) groups is 2. The van der Waals surface area contributed by atoms with E-state index >= 15 is 0 Å². The molecule has 2 aromatic heterocycles. The summed E-state index contributed by atoms with van der Waals surface area (Å²) in [5, 5.41) is 15.5. The number of hydrogen-bond donors (Lipinski definition) is 1. The van der Waals surface area contributed by atoms with Crippen LogP contribution in [0.4, 0.5) is 0 Å². The number of benzene rings is 1. The fourth-order valence-corrected chi connectivity index (χ4v) is 4.51. The number of Topliss-reactive ketones (excluding diaryl/α,β-unsaturated/α-hetero) is 1. The molecule has 2 aliphatic heterocycles. The summed E-state index contributed by atoms with van der Waals surface area (Å²) in [6.45, 7) is 1.55. The van der Waals surface area contributed by atoms with Gasteiger partial charge >= 0.3 is 0 Å². The van der Waals surface area contributed by atoms with Crippen molar-refractivity contribution in [2.24, 2.45) is 11.0 Å². The fourth-order valence-electron chi connectivity index (χ4n) is 4.51. The van der Waals surface area contributed by atoms with Crippen LogP contribution in [0.1, 0.15) is 47.2 Å². The first-order chi connectivity index (χ1) is 16.1. The fraction of sp³-hybridized carbons (Fsp3) is 0.320. The Kier molecular flexibility index (Phi) is 5.83. The first-order valence-corrected chi connectivity index (χ1v) is 11.1. The van der Waals surface area contributed by atoms with Crippen molar-refractivity contribution in [1.82, 2.24) is 9.91 Å². The monoisotopic (exact) mass is 447 g/mol. The molecule has 4 heterocycles. The van der Waals surface area contributed by atoms with E-state index in [0.29, 0.717) is 55.1 Å². The predicted octanol–water partition coefficient (Wildman–Crippen LogP) is 3.85. The molecule has 0 spiro atoms. The molecule has 1 atom stereocenters. The summed E-state index contributed by atoms with van der Waals surface area (Å²) in [5.41, 5.74) is 1.33. The summed E-state index contributed by atoms with van der Waals surface area (Å²) in [5.74, 6) is 1.38. The number of rotatable bonds is 6. The summed E-state index contributed by atoms with van der Waals surface area (Å²) < 4.78 is 11.1. The normalized spacial score (nSPS) is 19.6. The number of hydrogen-bond acceptors (Lipinski definition) is 7. The van der Waals surface area contributed by atoms with Crippen LogP contribution >= 0.6 is 0 Å². The lowest BCUT2D eigenvalue weighted by atomic mass is 9.89. The van der Waals surface area contributed by atoms with Crippen LogP contribution in [-0.2, 0) is 4.79 Å². The van der Waals surface area contributed by atoms with Crippen LogP contribution < -0.4 is 0 Å². The Morgan fingerprint density at radius 3 is 2.39 bits per heavy atom. The first kappa shape index (κ1) is 21.2. The van der Waals surface area contributed by atoms with Gasteiger partial charge in [0.1, 0.15) is 29.0 Å². The summed E-state index contributed by atoms with van der Waals surface area (Å²) >= 11 is 0. The summed E-state index contributed by atoms with van der Waals surface area (Å²) in [4.78, 5) is 28.0. The van der Waals surface area contributed by atoms with E-state index in [0.717, 1.165) is 0 Å². The average molecular weight is 447 g/mol. The Balaban J connectivity index is 1.22. The quantitative estimate of drug-likeness (QED) is 0.576. The number of furan rings is 2. The molecule has 1 amide bonds. The van der Waals surface area contributed by atoms with Gasteiger partial charge in [-0.2, -0.15) is 5.10 Å². The molecule has 0 saturated carbocycles. The highest BCUT2D eigenvalue weighted by Crippen LogP contribution is 2.33. The number of amides is 1. The molecule has 0 radical (unpaired) electrons. The van der Waals surface area contributed by atoms with Crippen LogP contribution in [0.3, 0.4) is 0 Å². The van der Waals surface area contributed by atoms with E-state index in [4.69, 9.17) is 8.83 Å². The van der Waals surface area contributed by atoms with Gasteiger partial charge in [-0.15, -0.1) is 0 Å². The third-order valence-corrected chi connectivity index (χ3v) is 6.31. The maximum Gasteiger partial charge on any atom is 0.257 e. The van der Waals surface area contributed by atoms with E-state index in [-0.39, 0.29) is 35.9 Å². The standard InChI is InChI=1S/C25H25N3O5/c29-19-7-5-17(6-8-19)25(31)18-9-11-27(12-10-18)16-24(30)28-21(23-4-2-14-33-23)15-20(26-28)22-3-1-13-32-22/h1-8,13-14,18,21,29H,9-12,15-16H2. The Morgan fingerprint density at radius 1 is 1.00 bits per heavy atom. The Hall–Kier alpha value is -3.65. The lowest BCUT2D eigenvalue weighted by molar-refractivity contribution is -0.134. The lowest BCUT2D eigenvalue weighted by Gasteiger charge is -2.32. The lowest BCUT2D eigenvalue weighted by Crippen LogP contribution is -2.43. The number of carbonyl (C=O) groups excluding carboxylic acids is 2. The minimum absolute atomic E-state index is 0.0767. The minimum Gasteiger partial charge on any atom is -0.508 e. The van der Waals surface area contributed by atoms with Gasteiger partial charge in [0, 0.05) is 17.9 Å². The molecule has 1 fully saturated rings. The number of aromatic hydroxyl groups is 1. The molecular weight excluding hydrogens is 422 g/mol. The van der Waals surface area contributed by atoms with Gasteiger partial charge in [0.2, 0.25) is 0 Å². The maximum absolute atomic E-state index is 13.2. The SMILES string of the molecule is O=C(c1ccc(O)cc1)C1CCN(CC(=O)N2N=C(c3ccco3)CC2c2ccco2)CC1. The second-order valence-electron chi connectivity index (χ2n) is 8.46. The van der Waals surface area contributed by atoms with Crippen LogP contribution in [0.25, 0.3) is 0 Å². The number of phenolic OH excluding ortho intramolecular Hbond substituents is 1. The number of phenols is 1. The molecule has 33 heavy (non-hydrogen) atoms. The van der Waals surface area contributed by atoms with Gasteiger partial charge in [0.15, 0.2) is 5.78 Å². The van der Waals surface area contributed by atoms with Crippen molar-refractivity contribution in [3.05, 3.63) is 78.1 Å². The van der Waals surface area contributed by atoms with Crippen molar-refractivity contribution in [3.8, 4) is 5.75 Å². The Labute approximate surface area is 191 Å². The molecule has 2 aliphatic rings. The van der Waals surface area contributed by atoms with E-state index in [2.05, 4.69) is 10.0 Å². The van der Waals surface area contributed by atoms with Gasteiger partial charge in [-0.3, -0.25) is 14.5 Å². The zero-order valence-corrected chi connectivity index (χ0v) is 18.1. The zero-order valence-electron chi connectivity index (χ0n) is 18.1. The van der Waals surface area contributed by atoms with Crippen LogP contribution in [0.5, 0.6) is 5.75 Å². The molecule has 5 rings (SSSR count). The third-order valence-electron chi connectivity index (χ3n) is 6.31. The van der Waals surface area contributed by atoms with Gasteiger partial charge in [-0.1, -0.05) is 0 Å². The van der Waals surface area contributed by atoms with Crippen molar-refractivity contribution in [1.29, 1.82) is 0 Å². The van der Waals surface area contributed by atoms with Crippen LogP contribution in [-0.4, -0.2) is 52.1 Å². The van der Waals surface area contributed by atoms with Gasteiger partial charge in [-0.05, 0) is 74.5 Å². The van der Waals surface area contributed by atoms with Crippen molar-refractivity contribution in [3.63, 3.8) is 0 Å². The smallest absolute Gasteiger partial charge is 0.257 e. The van der Waals surface area contributed by atoms with Gasteiger partial charge in [0.25, 0.3) is 5.91 Å². The second kappa shape index (κ2) is 9.07. The van der Waals surface area contributed by atoms with E-state index in [1.807, 2.05) is 12.1 Å². The number of nitrogens with zero attached hydrogens (tertiary/aromatic N) is 3. The molecule has 1 aromatic carbocycles. The Bertz CT molecular complexity index is 1130. The van der Waals surface area contributed by atoms with Gasteiger partial charge in [-0.25, -0.2) is 5.01 Å². The summed E-state index contributed by atoms with van der Waals surface area (Å²) in [6.07, 6.45) is 5.09. The van der Waals surface area contributed by atoms with Crippen LogP contribution in [0.15, 0.2) is 75.0 Å². The molecule has 8 heteroatoms. The second-order valence-corrected chi connectivity index (χ2v) is 8.46. The van der Waals surface area contributed by atoms with E-state index in [1.54, 1.807) is 36.8 Å².